The summed E-state index contributed by atoms with van der Waals surface area (Å²) in [5.74, 6) is 1.15. The van der Waals surface area contributed by atoms with Crippen LogP contribution in [0.5, 0.6) is 5.75 Å². The van der Waals surface area contributed by atoms with Gasteiger partial charge in [0.05, 0.1) is 18.8 Å². The number of anilines is 1. The van der Waals surface area contributed by atoms with Crippen LogP contribution in [0.4, 0.5) is 5.69 Å². The number of nitrogens with two attached hydrogens (primary N) is 1. The maximum Gasteiger partial charge on any atom is 0.122 e. The molecule has 0 fully saturated rings. The van der Waals surface area contributed by atoms with E-state index in [9.17, 15) is 5.11 Å². The molecule has 0 radical (unpaired) electrons. The van der Waals surface area contributed by atoms with Crippen molar-refractivity contribution < 1.29 is 14.9 Å². The molecule has 0 heterocycles. The molecule has 4 N–H and O–H groups in total. The zero-order valence-electron chi connectivity index (χ0n) is 10.1. The number of hydrogen-bond donors (Lipinski definition) is 3. The quantitative estimate of drug-likeness (QED) is 0.532. The van der Waals surface area contributed by atoms with Gasteiger partial charge >= 0.3 is 0 Å². The summed E-state index contributed by atoms with van der Waals surface area (Å²) in [6, 6.07) is 5.47. The Bertz CT molecular complexity index is 358. The van der Waals surface area contributed by atoms with Gasteiger partial charge < -0.3 is 20.7 Å². The van der Waals surface area contributed by atoms with Crippen LogP contribution in [0.25, 0.3) is 0 Å². The maximum atomic E-state index is 9.27. The Labute approximate surface area is 106 Å². The second-order valence-corrected chi connectivity index (χ2v) is 5.15. The highest BCUT2D eigenvalue weighted by Gasteiger charge is 2.06. The first-order chi connectivity index (χ1) is 8.01. The van der Waals surface area contributed by atoms with Crippen LogP contribution in [0, 0.1) is 0 Å². The second-order valence-electron chi connectivity index (χ2n) is 4.05. The van der Waals surface area contributed by atoms with E-state index in [-0.39, 0.29) is 12.7 Å². The Morgan fingerprint density at radius 1 is 1.35 bits per heavy atom. The number of aliphatic hydroxyl groups excluding tert-OH is 2. The van der Waals surface area contributed by atoms with Crippen molar-refractivity contribution in [1.29, 1.82) is 0 Å². The van der Waals surface area contributed by atoms with Gasteiger partial charge in [-0.15, -0.1) is 11.8 Å². The molecule has 17 heavy (non-hydrogen) atoms. The smallest absolute Gasteiger partial charge is 0.122 e. The number of nitrogen functional groups attached to an aromatic ring is 1. The molecule has 0 aliphatic heterocycles. The van der Waals surface area contributed by atoms with E-state index in [2.05, 4.69) is 0 Å². The number of benzene rings is 1. The Morgan fingerprint density at radius 3 is 2.65 bits per heavy atom. The molecular formula is C12H19NO3S. The summed E-state index contributed by atoms with van der Waals surface area (Å²) in [5.41, 5.74) is 6.40. The second kappa shape index (κ2) is 6.74. The molecule has 1 unspecified atom stereocenters. The molecule has 0 spiro atoms. The van der Waals surface area contributed by atoms with E-state index < -0.39 is 6.10 Å². The monoisotopic (exact) mass is 257 g/mol. The third kappa shape index (κ3) is 5.30. The Hall–Kier alpha value is -0.910. The van der Waals surface area contributed by atoms with E-state index in [0.717, 1.165) is 10.6 Å². The minimum absolute atomic E-state index is 0.0951. The fourth-order valence-electron chi connectivity index (χ4n) is 1.26. The van der Waals surface area contributed by atoms with E-state index >= 15 is 0 Å². The third-order valence-corrected chi connectivity index (χ3v) is 3.05. The average molecular weight is 257 g/mol. The summed E-state index contributed by atoms with van der Waals surface area (Å²) in [6.07, 6.45) is -0.617. The van der Waals surface area contributed by atoms with Gasteiger partial charge in [-0.05, 0) is 26.0 Å². The molecular weight excluding hydrogens is 238 g/mol. The van der Waals surface area contributed by atoms with Gasteiger partial charge in [0.25, 0.3) is 0 Å². The first-order valence-electron chi connectivity index (χ1n) is 5.50. The highest BCUT2D eigenvalue weighted by Crippen LogP contribution is 2.27. The van der Waals surface area contributed by atoms with Crippen molar-refractivity contribution in [2.45, 2.75) is 31.0 Å². The Kier molecular flexibility index (Phi) is 5.61. The number of hydrogen-bond acceptors (Lipinski definition) is 5. The molecule has 0 bridgehead atoms. The maximum absolute atomic E-state index is 9.27. The minimum atomic E-state index is -0.712. The first kappa shape index (κ1) is 14.2. The predicted molar refractivity (Wildman–Crippen MR) is 70.4 cm³/mol. The normalized spacial score (nSPS) is 12.8. The molecule has 96 valence electrons. The van der Waals surface area contributed by atoms with Crippen LogP contribution >= 0.6 is 11.8 Å². The fraction of sp³-hybridized carbons (Fsp3) is 0.500. The number of thioether (sulfide) groups is 1. The molecule has 4 nitrogen and oxygen atoms in total. The molecule has 0 amide bonds. The molecule has 1 atom stereocenters. The van der Waals surface area contributed by atoms with Gasteiger partial charge in [0, 0.05) is 22.4 Å². The van der Waals surface area contributed by atoms with Gasteiger partial charge in [0.1, 0.15) is 5.75 Å². The molecule has 0 aromatic heterocycles. The van der Waals surface area contributed by atoms with Crippen molar-refractivity contribution in [2.24, 2.45) is 0 Å². The average Bonchev–Trinajstić information content (AvgIpc) is 2.24. The fourth-order valence-corrected chi connectivity index (χ4v) is 2.17. The van der Waals surface area contributed by atoms with Crippen molar-refractivity contribution in [2.75, 3.05) is 18.1 Å². The lowest BCUT2D eigenvalue weighted by molar-refractivity contribution is 0.113. The van der Waals surface area contributed by atoms with E-state index in [1.807, 2.05) is 26.0 Å². The summed E-state index contributed by atoms with van der Waals surface area (Å²) in [5, 5.41) is 18.0. The number of rotatable bonds is 6. The van der Waals surface area contributed by atoms with Gasteiger partial charge in [-0.2, -0.15) is 0 Å². The van der Waals surface area contributed by atoms with Crippen LogP contribution in [0.3, 0.4) is 0 Å². The lowest BCUT2D eigenvalue weighted by atomic mass is 10.3. The number of aliphatic hydroxyl groups is 2. The molecule has 0 aliphatic carbocycles. The van der Waals surface area contributed by atoms with Crippen LogP contribution < -0.4 is 10.5 Å². The zero-order chi connectivity index (χ0) is 12.8. The Balaban J connectivity index is 2.68. The number of ether oxygens (including phenoxy) is 1. The standard InChI is InChI=1S/C12H19NO3S/c1-8(2)16-11-3-9(13)4-12(5-11)17-7-10(15)6-14/h3-5,8,10,14-15H,6-7,13H2,1-2H3. The molecule has 1 rings (SSSR count). The van der Waals surface area contributed by atoms with Crippen molar-refractivity contribution in [3.05, 3.63) is 18.2 Å². The van der Waals surface area contributed by atoms with Gasteiger partial charge in [-0.1, -0.05) is 0 Å². The van der Waals surface area contributed by atoms with Gasteiger partial charge in [0.2, 0.25) is 0 Å². The molecule has 5 heteroatoms. The summed E-state index contributed by atoms with van der Waals surface area (Å²) in [7, 11) is 0. The highest BCUT2D eigenvalue weighted by molar-refractivity contribution is 7.99. The lowest BCUT2D eigenvalue weighted by Gasteiger charge is -2.12. The summed E-state index contributed by atoms with van der Waals surface area (Å²) in [6.45, 7) is 3.67. The molecule has 0 saturated carbocycles. The van der Waals surface area contributed by atoms with E-state index in [1.54, 1.807) is 6.07 Å². The van der Waals surface area contributed by atoms with E-state index in [1.165, 1.54) is 11.8 Å². The molecule has 1 aromatic rings. The van der Waals surface area contributed by atoms with Gasteiger partial charge in [-0.3, -0.25) is 0 Å². The molecule has 1 aromatic carbocycles. The molecule has 0 saturated heterocycles. The van der Waals surface area contributed by atoms with Crippen molar-refractivity contribution in [3.8, 4) is 5.75 Å². The first-order valence-corrected chi connectivity index (χ1v) is 6.48. The van der Waals surface area contributed by atoms with Gasteiger partial charge in [0.15, 0.2) is 0 Å². The zero-order valence-corrected chi connectivity index (χ0v) is 10.9. The topological polar surface area (TPSA) is 75.7 Å². The summed E-state index contributed by atoms with van der Waals surface area (Å²) < 4.78 is 5.56. The highest BCUT2D eigenvalue weighted by atomic mass is 32.2. The van der Waals surface area contributed by atoms with Crippen LogP contribution in [-0.2, 0) is 0 Å². The minimum Gasteiger partial charge on any atom is -0.491 e. The summed E-state index contributed by atoms with van der Waals surface area (Å²) >= 11 is 1.44. The van der Waals surface area contributed by atoms with Gasteiger partial charge in [-0.25, -0.2) is 0 Å². The van der Waals surface area contributed by atoms with E-state index in [4.69, 9.17) is 15.6 Å². The SMILES string of the molecule is CC(C)Oc1cc(N)cc(SCC(O)CO)c1. The molecule has 0 aliphatic rings. The Morgan fingerprint density at radius 2 is 2.06 bits per heavy atom. The van der Waals surface area contributed by atoms with Crippen LogP contribution in [-0.4, -0.2) is 34.8 Å². The van der Waals surface area contributed by atoms with E-state index in [0.29, 0.717) is 11.4 Å². The summed E-state index contributed by atoms with van der Waals surface area (Å²) in [4.78, 5) is 0.924. The van der Waals surface area contributed by atoms with Crippen molar-refractivity contribution >= 4 is 17.4 Å². The van der Waals surface area contributed by atoms with Crippen molar-refractivity contribution in [3.63, 3.8) is 0 Å². The third-order valence-electron chi connectivity index (χ3n) is 1.93. The van der Waals surface area contributed by atoms with Crippen LogP contribution in [0.1, 0.15) is 13.8 Å². The van der Waals surface area contributed by atoms with Crippen molar-refractivity contribution in [1.82, 2.24) is 0 Å². The largest absolute Gasteiger partial charge is 0.491 e. The lowest BCUT2D eigenvalue weighted by Crippen LogP contribution is -2.14. The predicted octanol–water partition coefficient (Wildman–Crippen LogP) is 1.50. The van der Waals surface area contributed by atoms with Crippen LogP contribution in [0.15, 0.2) is 23.1 Å². The van der Waals surface area contributed by atoms with Crippen LogP contribution in [0.2, 0.25) is 0 Å².